The average molecular weight is 382 g/mol. The van der Waals surface area contributed by atoms with E-state index >= 15 is 0 Å². The quantitative estimate of drug-likeness (QED) is 0.673. The van der Waals surface area contributed by atoms with Gasteiger partial charge in [0.1, 0.15) is 5.60 Å². The van der Waals surface area contributed by atoms with Gasteiger partial charge in [-0.25, -0.2) is 4.79 Å². The van der Waals surface area contributed by atoms with Crippen molar-refractivity contribution in [3.8, 4) is 0 Å². The maximum absolute atomic E-state index is 12.5. The van der Waals surface area contributed by atoms with Gasteiger partial charge in [0.15, 0.2) is 0 Å². The van der Waals surface area contributed by atoms with Crippen molar-refractivity contribution in [1.29, 1.82) is 0 Å². The first-order valence-electron chi connectivity index (χ1n) is 10.4. The van der Waals surface area contributed by atoms with E-state index in [9.17, 15) is 9.59 Å². The van der Waals surface area contributed by atoms with Crippen molar-refractivity contribution in [2.45, 2.75) is 45.1 Å². The van der Waals surface area contributed by atoms with Crippen molar-refractivity contribution in [2.75, 3.05) is 59.5 Å². The zero-order valence-corrected chi connectivity index (χ0v) is 17.1. The highest BCUT2D eigenvalue weighted by Crippen LogP contribution is 2.34. The number of likely N-dealkylation sites (tertiary alicyclic amines) is 1. The molecule has 3 aliphatic rings. The molecule has 0 aromatic heterocycles. The minimum Gasteiger partial charge on any atom is -0.441 e. The lowest BCUT2D eigenvalue weighted by molar-refractivity contribution is -0.138. The van der Waals surface area contributed by atoms with Gasteiger partial charge < -0.3 is 24.2 Å². The lowest BCUT2D eigenvalue weighted by Crippen LogP contribution is -2.50. The summed E-state index contributed by atoms with van der Waals surface area (Å²) in [6, 6.07) is 0. The van der Waals surface area contributed by atoms with Crippen LogP contribution in [0.1, 0.15) is 39.5 Å². The Bertz CT molecular complexity index is 525. The van der Waals surface area contributed by atoms with E-state index < -0.39 is 5.60 Å². The topological polar surface area (TPSA) is 62.3 Å². The van der Waals surface area contributed by atoms with Crippen molar-refractivity contribution < 1.29 is 19.1 Å². The molecule has 0 radical (unpaired) electrons. The molecule has 3 aliphatic heterocycles. The number of amides is 2. The molecule has 7 heteroatoms. The molecule has 154 valence electrons. The van der Waals surface area contributed by atoms with Crippen LogP contribution < -0.4 is 0 Å². The minimum atomic E-state index is -0.399. The molecule has 3 fully saturated rings. The Labute approximate surface area is 162 Å². The van der Waals surface area contributed by atoms with Gasteiger partial charge in [-0.1, -0.05) is 13.8 Å². The summed E-state index contributed by atoms with van der Waals surface area (Å²) in [4.78, 5) is 31.0. The predicted octanol–water partition coefficient (Wildman–Crippen LogP) is 1.81. The molecule has 0 bridgehead atoms. The largest absolute Gasteiger partial charge is 0.441 e. The Balaban J connectivity index is 1.42. The second-order valence-corrected chi connectivity index (χ2v) is 8.87. The summed E-state index contributed by atoms with van der Waals surface area (Å²) in [5, 5.41) is 0. The fourth-order valence-electron chi connectivity index (χ4n) is 4.49. The highest BCUT2D eigenvalue weighted by Gasteiger charge is 2.47. The van der Waals surface area contributed by atoms with Crippen LogP contribution in [0, 0.1) is 11.8 Å². The lowest BCUT2D eigenvalue weighted by Gasteiger charge is -2.38. The summed E-state index contributed by atoms with van der Waals surface area (Å²) in [7, 11) is 2.13. The summed E-state index contributed by atoms with van der Waals surface area (Å²) in [6.45, 7) is 10.5. The number of piperidine rings is 1. The van der Waals surface area contributed by atoms with Gasteiger partial charge in [0.25, 0.3) is 0 Å². The second kappa shape index (κ2) is 8.78. The van der Waals surface area contributed by atoms with Crippen molar-refractivity contribution >= 4 is 12.0 Å². The van der Waals surface area contributed by atoms with E-state index in [-0.39, 0.29) is 17.9 Å². The molecule has 1 spiro atoms. The molecule has 0 aliphatic carbocycles. The molecule has 7 nitrogen and oxygen atoms in total. The van der Waals surface area contributed by atoms with Gasteiger partial charge in [-0.15, -0.1) is 0 Å². The standard InChI is InChI=1S/C20H35N3O4/c1-16(2)13-21(3)8-4-9-23-15-20(27-19(23)25)6-10-22(11-7-20)18(24)17-5-12-26-14-17/h16-17H,4-15H2,1-3H3/t17-/m1/s1. The summed E-state index contributed by atoms with van der Waals surface area (Å²) in [5.74, 6) is 0.875. The predicted molar refractivity (Wildman–Crippen MR) is 102 cm³/mol. The zero-order valence-electron chi connectivity index (χ0n) is 17.1. The van der Waals surface area contributed by atoms with E-state index in [4.69, 9.17) is 9.47 Å². The molecule has 3 saturated heterocycles. The van der Waals surface area contributed by atoms with E-state index in [0.29, 0.717) is 38.8 Å². The molecule has 0 saturated carbocycles. The molecule has 2 amide bonds. The molecule has 0 aromatic rings. The third kappa shape index (κ3) is 5.13. The van der Waals surface area contributed by atoms with E-state index in [1.54, 1.807) is 0 Å². The molecule has 27 heavy (non-hydrogen) atoms. The number of rotatable bonds is 7. The summed E-state index contributed by atoms with van der Waals surface area (Å²) >= 11 is 0. The van der Waals surface area contributed by atoms with Crippen molar-refractivity contribution in [3.05, 3.63) is 0 Å². The van der Waals surface area contributed by atoms with Gasteiger partial charge in [0.2, 0.25) is 5.91 Å². The van der Waals surface area contributed by atoms with E-state index in [1.807, 2.05) is 9.80 Å². The van der Waals surface area contributed by atoms with Gasteiger partial charge in [-0.3, -0.25) is 4.79 Å². The Morgan fingerprint density at radius 1 is 1.33 bits per heavy atom. The Kier molecular flexibility index (Phi) is 6.63. The number of hydrogen-bond acceptors (Lipinski definition) is 5. The van der Waals surface area contributed by atoms with Gasteiger partial charge in [0, 0.05) is 45.6 Å². The summed E-state index contributed by atoms with van der Waals surface area (Å²) < 4.78 is 11.1. The van der Waals surface area contributed by atoms with Crippen LogP contribution in [0.25, 0.3) is 0 Å². The van der Waals surface area contributed by atoms with Crippen LogP contribution in [0.5, 0.6) is 0 Å². The first-order valence-corrected chi connectivity index (χ1v) is 10.4. The highest BCUT2D eigenvalue weighted by atomic mass is 16.6. The third-order valence-corrected chi connectivity index (χ3v) is 5.95. The number of carbonyl (C=O) groups is 2. The van der Waals surface area contributed by atoms with Gasteiger partial charge >= 0.3 is 6.09 Å². The number of ether oxygens (including phenoxy) is 2. The highest BCUT2D eigenvalue weighted by molar-refractivity contribution is 5.79. The third-order valence-electron chi connectivity index (χ3n) is 5.95. The van der Waals surface area contributed by atoms with E-state index in [1.165, 1.54) is 0 Å². The fraction of sp³-hybridized carbons (Fsp3) is 0.900. The van der Waals surface area contributed by atoms with Crippen molar-refractivity contribution in [2.24, 2.45) is 11.8 Å². The second-order valence-electron chi connectivity index (χ2n) is 8.87. The maximum Gasteiger partial charge on any atom is 0.410 e. The van der Waals surface area contributed by atoms with Crippen LogP contribution in [0.15, 0.2) is 0 Å². The van der Waals surface area contributed by atoms with Crippen LogP contribution in [0.3, 0.4) is 0 Å². The van der Waals surface area contributed by atoms with Crippen LogP contribution in [-0.4, -0.2) is 91.8 Å². The monoisotopic (exact) mass is 381 g/mol. The van der Waals surface area contributed by atoms with Crippen LogP contribution in [0.2, 0.25) is 0 Å². The van der Waals surface area contributed by atoms with Crippen LogP contribution in [-0.2, 0) is 14.3 Å². The fourth-order valence-corrected chi connectivity index (χ4v) is 4.49. The van der Waals surface area contributed by atoms with Crippen LogP contribution in [0.4, 0.5) is 4.79 Å². The van der Waals surface area contributed by atoms with Crippen molar-refractivity contribution in [3.63, 3.8) is 0 Å². The van der Waals surface area contributed by atoms with Gasteiger partial charge in [-0.2, -0.15) is 0 Å². The Morgan fingerprint density at radius 3 is 2.70 bits per heavy atom. The number of carbonyl (C=O) groups excluding carboxylic acids is 2. The molecular weight excluding hydrogens is 346 g/mol. The summed E-state index contributed by atoms with van der Waals surface area (Å²) in [6.07, 6.45) is 3.07. The van der Waals surface area contributed by atoms with E-state index in [2.05, 4.69) is 25.8 Å². The smallest absolute Gasteiger partial charge is 0.410 e. The number of hydrogen-bond donors (Lipinski definition) is 0. The number of nitrogens with zero attached hydrogens (tertiary/aromatic N) is 3. The molecule has 1 atom stereocenters. The molecule has 0 N–H and O–H groups in total. The lowest BCUT2D eigenvalue weighted by atomic mass is 9.90. The molecule has 0 aromatic carbocycles. The SMILES string of the molecule is CC(C)CN(C)CCCN1CC2(CCN(C(=O)[C@@H]3CCOC3)CC2)OC1=O. The normalized spacial score (nSPS) is 25.1. The minimum absolute atomic E-state index is 0.0181. The molecular formula is C20H35N3O4. The van der Waals surface area contributed by atoms with Crippen molar-refractivity contribution in [1.82, 2.24) is 14.7 Å². The average Bonchev–Trinajstić information content (AvgIpc) is 3.24. The van der Waals surface area contributed by atoms with Crippen LogP contribution >= 0.6 is 0 Å². The molecule has 3 rings (SSSR count). The summed E-state index contributed by atoms with van der Waals surface area (Å²) in [5.41, 5.74) is -0.399. The first kappa shape index (κ1) is 20.4. The first-order chi connectivity index (χ1) is 12.9. The zero-order chi connectivity index (χ0) is 19.4. The maximum atomic E-state index is 12.5. The van der Waals surface area contributed by atoms with E-state index in [0.717, 1.165) is 45.3 Å². The van der Waals surface area contributed by atoms with Gasteiger partial charge in [0.05, 0.1) is 19.1 Å². The Morgan fingerprint density at radius 2 is 2.07 bits per heavy atom. The molecule has 0 unspecified atom stereocenters. The van der Waals surface area contributed by atoms with Gasteiger partial charge in [-0.05, 0) is 32.4 Å². The molecule has 3 heterocycles. The Hall–Kier alpha value is -1.34.